The Kier molecular flexibility index (Phi) is 6.02. The Bertz CT molecular complexity index is 1340. The standard InChI is InChI=1S/C25H24ClFN6O/c1-28-25(34)23-14-33(10-9-32(23)2)16-12-22-21(30-13-16)6-5-20(31-22)17-7-8-29-24(17)18-11-15(26)3-4-19(18)27/h3-7,11-13,23H,8-10,14H2,1-2H3,(H,28,34)/t23-/m0/s1. The molecule has 0 radical (unpaired) electrons. The molecule has 1 fully saturated rings. The summed E-state index contributed by atoms with van der Waals surface area (Å²) in [5.74, 6) is -0.379. The number of fused-ring (bicyclic) bond motifs is 1. The summed E-state index contributed by atoms with van der Waals surface area (Å²) in [6.07, 6.45) is 3.76. The Morgan fingerprint density at radius 1 is 1.18 bits per heavy atom. The van der Waals surface area contributed by atoms with Gasteiger partial charge in [-0.05, 0) is 43.4 Å². The highest BCUT2D eigenvalue weighted by Gasteiger charge is 2.30. The van der Waals surface area contributed by atoms with Gasteiger partial charge in [0.25, 0.3) is 0 Å². The van der Waals surface area contributed by atoms with Crippen LogP contribution in [-0.4, -0.2) is 72.8 Å². The first-order chi connectivity index (χ1) is 16.4. The molecule has 0 spiro atoms. The molecule has 5 rings (SSSR count). The van der Waals surface area contributed by atoms with E-state index in [4.69, 9.17) is 16.6 Å². The van der Waals surface area contributed by atoms with Crippen LogP contribution in [-0.2, 0) is 4.79 Å². The molecule has 0 unspecified atom stereocenters. The van der Waals surface area contributed by atoms with Gasteiger partial charge in [-0.3, -0.25) is 19.7 Å². The van der Waals surface area contributed by atoms with E-state index in [0.717, 1.165) is 35.4 Å². The highest BCUT2D eigenvalue weighted by molar-refractivity contribution is 6.35. The minimum absolute atomic E-state index is 0.00501. The molecule has 3 aromatic rings. The van der Waals surface area contributed by atoms with Crippen LogP contribution >= 0.6 is 11.6 Å². The first-order valence-corrected chi connectivity index (χ1v) is 11.5. The average Bonchev–Trinajstić information content (AvgIpc) is 3.34. The molecular formula is C25H24ClFN6O. The molecule has 0 aliphatic carbocycles. The van der Waals surface area contributed by atoms with Crippen LogP contribution < -0.4 is 10.2 Å². The number of piperazine rings is 1. The van der Waals surface area contributed by atoms with Crippen molar-refractivity contribution in [3.8, 4) is 0 Å². The number of pyridine rings is 2. The summed E-state index contributed by atoms with van der Waals surface area (Å²) in [6.45, 7) is 2.57. The van der Waals surface area contributed by atoms with Crippen LogP contribution in [0.4, 0.5) is 10.1 Å². The lowest BCUT2D eigenvalue weighted by atomic mass is 9.99. The number of nitrogens with zero attached hydrogens (tertiary/aromatic N) is 5. The normalized spacial score (nSPS) is 18.7. The highest BCUT2D eigenvalue weighted by Crippen LogP contribution is 2.29. The Morgan fingerprint density at radius 2 is 2.03 bits per heavy atom. The van der Waals surface area contributed by atoms with Gasteiger partial charge in [0.2, 0.25) is 5.91 Å². The molecule has 1 amide bonds. The van der Waals surface area contributed by atoms with Gasteiger partial charge in [0, 0.05) is 42.8 Å². The fourth-order valence-electron chi connectivity index (χ4n) is 4.42. The van der Waals surface area contributed by atoms with Gasteiger partial charge in [-0.15, -0.1) is 0 Å². The van der Waals surface area contributed by atoms with Gasteiger partial charge in [-0.1, -0.05) is 17.7 Å². The van der Waals surface area contributed by atoms with Gasteiger partial charge in [0.1, 0.15) is 11.9 Å². The van der Waals surface area contributed by atoms with Crippen molar-refractivity contribution < 1.29 is 9.18 Å². The lowest BCUT2D eigenvalue weighted by Gasteiger charge is -2.39. The van der Waals surface area contributed by atoms with Gasteiger partial charge in [0.15, 0.2) is 0 Å². The summed E-state index contributed by atoms with van der Waals surface area (Å²) in [6, 6.07) is 10.0. The molecule has 2 aliphatic rings. The van der Waals surface area contributed by atoms with E-state index in [1.54, 1.807) is 13.1 Å². The first kappa shape index (κ1) is 22.4. The smallest absolute Gasteiger partial charge is 0.238 e. The maximum atomic E-state index is 14.5. The van der Waals surface area contributed by atoms with E-state index >= 15 is 0 Å². The number of aliphatic imine (C=N–C) groups is 1. The Balaban J connectivity index is 1.46. The molecule has 1 N–H and O–H groups in total. The number of carbonyl (C=O) groups is 1. The van der Waals surface area contributed by atoms with Crippen molar-refractivity contribution in [3.63, 3.8) is 0 Å². The Labute approximate surface area is 202 Å². The van der Waals surface area contributed by atoms with E-state index < -0.39 is 0 Å². The van der Waals surface area contributed by atoms with Gasteiger partial charge >= 0.3 is 0 Å². The lowest BCUT2D eigenvalue weighted by Crippen LogP contribution is -2.57. The molecule has 9 heteroatoms. The summed E-state index contributed by atoms with van der Waals surface area (Å²) in [5.41, 5.74) is 4.77. The fraction of sp³-hybridized carbons (Fsp3) is 0.280. The number of hydrogen-bond acceptors (Lipinski definition) is 6. The zero-order valence-electron chi connectivity index (χ0n) is 18.9. The second-order valence-electron chi connectivity index (χ2n) is 8.42. The van der Waals surface area contributed by atoms with Crippen molar-refractivity contribution in [2.24, 2.45) is 4.99 Å². The topological polar surface area (TPSA) is 73.7 Å². The third kappa shape index (κ3) is 4.15. The second-order valence-corrected chi connectivity index (χ2v) is 8.85. The predicted molar refractivity (Wildman–Crippen MR) is 133 cm³/mol. The molecule has 174 valence electrons. The molecule has 1 aromatic carbocycles. The zero-order chi connectivity index (χ0) is 23.8. The van der Waals surface area contributed by atoms with Crippen LogP contribution in [0, 0.1) is 5.82 Å². The van der Waals surface area contributed by atoms with Gasteiger partial charge in [-0.2, -0.15) is 0 Å². The van der Waals surface area contributed by atoms with Gasteiger partial charge in [-0.25, -0.2) is 9.37 Å². The van der Waals surface area contributed by atoms with E-state index in [1.807, 2.05) is 37.5 Å². The second kappa shape index (κ2) is 9.12. The first-order valence-electron chi connectivity index (χ1n) is 11.1. The number of benzene rings is 1. The average molecular weight is 479 g/mol. The number of anilines is 1. The lowest BCUT2D eigenvalue weighted by molar-refractivity contribution is -0.125. The van der Waals surface area contributed by atoms with Crippen LogP contribution in [0.15, 0.2) is 53.7 Å². The SMILES string of the molecule is CNC(=O)[C@@H]1CN(c2cnc3ccc(C4=CCN=C4c4cc(Cl)ccc4F)nc3c2)CCN1C. The number of nitrogens with one attached hydrogen (secondary N) is 1. The van der Waals surface area contributed by atoms with E-state index in [9.17, 15) is 9.18 Å². The molecular weight excluding hydrogens is 455 g/mol. The maximum absolute atomic E-state index is 14.5. The quantitative estimate of drug-likeness (QED) is 0.623. The largest absolute Gasteiger partial charge is 0.367 e. The number of likely N-dealkylation sites (N-methyl/N-ethyl adjacent to an activating group) is 2. The van der Waals surface area contributed by atoms with Crippen molar-refractivity contribution in [1.82, 2.24) is 20.2 Å². The van der Waals surface area contributed by atoms with Gasteiger partial charge in [0.05, 0.1) is 40.9 Å². The molecule has 0 saturated carbocycles. The van der Waals surface area contributed by atoms with Crippen LogP contribution in [0.25, 0.3) is 16.6 Å². The highest BCUT2D eigenvalue weighted by atomic mass is 35.5. The Hall–Kier alpha value is -3.36. The van der Waals surface area contributed by atoms with Crippen LogP contribution in [0.2, 0.25) is 5.02 Å². The van der Waals surface area contributed by atoms with Crippen molar-refractivity contribution in [2.75, 3.05) is 45.2 Å². The predicted octanol–water partition coefficient (Wildman–Crippen LogP) is 3.18. The summed E-state index contributed by atoms with van der Waals surface area (Å²) in [5, 5.41) is 3.19. The molecule has 1 saturated heterocycles. The number of halogens is 2. The van der Waals surface area contributed by atoms with Gasteiger partial charge < -0.3 is 10.2 Å². The molecule has 1 atom stereocenters. The van der Waals surface area contributed by atoms with E-state index in [-0.39, 0.29) is 17.8 Å². The third-order valence-corrected chi connectivity index (χ3v) is 6.58. The summed E-state index contributed by atoms with van der Waals surface area (Å²) >= 11 is 6.11. The number of carbonyl (C=O) groups excluding carboxylic acids is 1. The number of allylic oxidation sites excluding steroid dienone is 1. The summed E-state index contributed by atoms with van der Waals surface area (Å²) in [4.78, 5) is 30.4. The number of aromatic nitrogens is 2. The van der Waals surface area contributed by atoms with Crippen molar-refractivity contribution >= 4 is 45.5 Å². The van der Waals surface area contributed by atoms with E-state index in [0.29, 0.717) is 35.1 Å². The molecule has 2 aliphatic heterocycles. The maximum Gasteiger partial charge on any atom is 0.238 e. The van der Waals surface area contributed by atoms with Crippen LogP contribution in [0.3, 0.4) is 0 Å². The minimum atomic E-state index is -0.374. The van der Waals surface area contributed by atoms with Crippen molar-refractivity contribution in [3.05, 3.63) is 70.8 Å². The van der Waals surface area contributed by atoms with Crippen molar-refractivity contribution in [2.45, 2.75) is 6.04 Å². The summed E-state index contributed by atoms with van der Waals surface area (Å²) < 4.78 is 14.5. The van der Waals surface area contributed by atoms with Crippen LogP contribution in [0.1, 0.15) is 11.3 Å². The Morgan fingerprint density at radius 3 is 2.85 bits per heavy atom. The number of hydrogen-bond donors (Lipinski definition) is 1. The molecule has 2 aromatic heterocycles. The minimum Gasteiger partial charge on any atom is -0.367 e. The van der Waals surface area contributed by atoms with Crippen LogP contribution in [0.5, 0.6) is 0 Å². The molecule has 34 heavy (non-hydrogen) atoms. The van der Waals surface area contributed by atoms with Crippen molar-refractivity contribution in [1.29, 1.82) is 0 Å². The molecule has 7 nitrogen and oxygen atoms in total. The fourth-order valence-corrected chi connectivity index (χ4v) is 4.59. The van der Waals surface area contributed by atoms with E-state index in [2.05, 4.69) is 25.1 Å². The zero-order valence-corrected chi connectivity index (χ0v) is 19.7. The van der Waals surface area contributed by atoms with E-state index in [1.165, 1.54) is 12.1 Å². The molecule has 0 bridgehead atoms. The number of rotatable bonds is 4. The summed E-state index contributed by atoms with van der Waals surface area (Å²) in [7, 11) is 3.61. The number of amides is 1. The third-order valence-electron chi connectivity index (χ3n) is 6.34. The monoisotopic (exact) mass is 478 g/mol. The molecule has 4 heterocycles.